The van der Waals surface area contributed by atoms with Crippen LogP contribution in [0.15, 0.2) is 66.7 Å². The summed E-state index contributed by atoms with van der Waals surface area (Å²) in [5, 5.41) is 2.91. The second-order valence-electron chi connectivity index (χ2n) is 9.04. The average molecular weight is 445 g/mol. The summed E-state index contributed by atoms with van der Waals surface area (Å²) in [4.78, 5) is 41.8. The summed E-state index contributed by atoms with van der Waals surface area (Å²) in [7, 11) is 0. The highest BCUT2D eigenvalue weighted by Gasteiger charge is 2.58. The number of nitrogens with zero attached hydrogens (tertiary/aromatic N) is 1. The van der Waals surface area contributed by atoms with Crippen LogP contribution in [0.3, 0.4) is 0 Å². The molecule has 0 unspecified atom stereocenters. The molecule has 2 aromatic carbocycles. The molecule has 2 fully saturated rings. The molecule has 1 saturated carbocycles. The number of carbonyl (C=O) groups excluding carboxylic acids is 3. The molecule has 5 atom stereocenters. The highest BCUT2D eigenvalue weighted by molar-refractivity contribution is 6.10. The Balaban J connectivity index is 1.43. The van der Waals surface area contributed by atoms with Gasteiger partial charge in [-0.05, 0) is 61.4 Å². The van der Waals surface area contributed by atoms with E-state index < -0.39 is 6.04 Å². The molecule has 1 N–H and O–H groups in total. The molecule has 1 saturated heterocycles. The second-order valence-corrected chi connectivity index (χ2v) is 9.04. The molecule has 2 bridgehead atoms. The maximum atomic E-state index is 13.5. The molecule has 1 aliphatic heterocycles. The van der Waals surface area contributed by atoms with E-state index in [-0.39, 0.29) is 47.8 Å². The highest BCUT2D eigenvalue weighted by Crippen LogP contribution is 2.50. The minimum atomic E-state index is -0.899. The zero-order chi connectivity index (χ0) is 22.9. The predicted molar refractivity (Wildman–Crippen MR) is 124 cm³/mol. The van der Waals surface area contributed by atoms with Gasteiger partial charge in [0.05, 0.1) is 18.4 Å². The lowest BCUT2D eigenvalue weighted by Gasteiger charge is -2.38. The molecule has 0 radical (unpaired) electrons. The van der Waals surface area contributed by atoms with E-state index in [1.165, 1.54) is 4.90 Å². The van der Waals surface area contributed by atoms with E-state index in [0.717, 1.165) is 18.4 Å². The number of amides is 3. The molecule has 6 rings (SSSR count). The van der Waals surface area contributed by atoms with Crippen molar-refractivity contribution in [1.29, 1.82) is 0 Å². The first-order chi connectivity index (χ1) is 16.1. The summed E-state index contributed by atoms with van der Waals surface area (Å²) in [5.41, 5.74) is 1.50. The molecule has 6 heteroatoms. The van der Waals surface area contributed by atoms with E-state index in [9.17, 15) is 14.4 Å². The van der Waals surface area contributed by atoms with Gasteiger partial charge in [-0.1, -0.05) is 42.5 Å². The van der Waals surface area contributed by atoms with Crippen molar-refractivity contribution in [2.75, 3.05) is 11.9 Å². The molecule has 4 aliphatic rings. The third-order valence-electron chi connectivity index (χ3n) is 7.11. The van der Waals surface area contributed by atoms with Crippen molar-refractivity contribution in [2.24, 2.45) is 23.7 Å². The van der Waals surface area contributed by atoms with Gasteiger partial charge in [-0.25, -0.2) is 0 Å². The zero-order valence-electron chi connectivity index (χ0n) is 18.6. The van der Waals surface area contributed by atoms with E-state index in [1.807, 2.05) is 37.3 Å². The minimum absolute atomic E-state index is 0.0907. The van der Waals surface area contributed by atoms with E-state index in [4.69, 9.17) is 4.74 Å². The second kappa shape index (κ2) is 8.85. The Hall–Kier alpha value is -3.41. The summed E-state index contributed by atoms with van der Waals surface area (Å²) in [6.45, 7) is 2.47. The monoisotopic (exact) mass is 444 g/mol. The van der Waals surface area contributed by atoms with Crippen molar-refractivity contribution >= 4 is 23.4 Å². The average Bonchev–Trinajstić information content (AvgIpc) is 3.12. The third-order valence-corrected chi connectivity index (χ3v) is 7.11. The molecule has 1 heterocycles. The van der Waals surface area contributed by atoms with Crippen molar-refractivity contribution in [3.8, 4) is 5.75 Å². The maximum Gasteiger partial charge on any atom is 0.248 e. The Labute approximate surface area is 193 Å². The summed E-state index contributed by atoms with van der Waals surface area (Å²) in [6.07, 6.45) is 6.32. The lowest BCUT2D eigenvalue weighted by Crippen LogP contribution is -2.49. The topological polar surface area (TPSA) is 75.7 Å². The lowest BCUT2D eigenvalue weighted by molar-refractivity contribution is -0.146. The van der Waals surface area contributed by atoms with Gasteiger partial charge in [0.15, 0.2) is 0 Å². The van der Waals surface area contributed by atoms with Gasteiger partial charge in [0.25, 0.3) is 0 Å². The highest BCUT2D eigenvalue weighted by atomic mass is 16.5. The molecular weight excluding hydrogens is 416 g/mol. The summed E-state index contributed by atoms with van der Waals surface area (Å²) in [5.74, 6) is -0.535. The van der Waals surface area contributed by atoms with Gasteiger partial charge in [0.2, 0.25) is 17.7 Å². The van der Waals surface area contributed by atoms with E-state index in [1.54, 1.807) is 24.3 Å². The normalized spacial score (nSPS) is 26.3. The summed E-state index contributed by atoms with van der Waals surface area (Å²) < 4.78 is 5.47. The molecule has 0 aromatic heterocycles. The Kier molecular flexibility index (Phi) is 5.75. The number of benzene rings is 2. The van der Waals surface area contributed by atoms with Crippen molar-refractivity contribution in [3.63, 3.8) is 0 Å². The number of hydrogen-bond acceptors (Lipinski definition) is 4. The van der Waals surface area contributed by atoms with Crippen LogP contribution in [0.1, 0.15) is 25.3 Å². The van der Waals surface area contributed by atoms with Crippen LogP contribution in [0.5, 0.6) is 5.75 Å². The van der Waals surface area contributed by atoms with Crippen molar-refractivity contribution in [3.05, 3.63) is 72.3 Å². The first-order valence-corrected chi connectivity index (χ1v) is 11.7. The molecule has 6 nitrogen and oxygen atoms in total. The van der Waals surface area contributed by atoms with Crippen molar-refractivity contribution in [2.45, 2.75) is 32.2 Å². The number of hydrogen-bond donors (Lipinski definition) is 1. The number of nitrogens with one attached hydrogen (secondary N) is 1. The maximum absolute atomic E-state index is 13.5. The van der Waals surface area contributed by atoms with E-state index >= 15 is 0 Å². The predicted octanol–water partition coefficient (Wildman–Crippen LogP) is 3.83. The molecular formula is C27H28N2O4. The number of allylic oxidation sites excluding steroid dienone is 2. The van der Waals surface area contributed by atoms with Gasteiger partial charge in [-0.15, -0.1) is 0 Å². The Bertz CT molecular complexity index is 1050. The fourth-order valence-electron chi connectivity index (χ4n) is 5.57. The number of ether oxygens (including phenoxy) is 1. The number of rotatable bonds is 7. The van der Waals surface area contributed by atoms with Crippen molar-refractivity contribution in [1.82, 2.24) is 4.90 Å². The van der Waals surface area contributed by atoms with Crippen LogP contribution in [-0.4, -0.2) is 35.3 Å². The fourth-order valence-corrected chi connectivity index (χ4v) is 5.57. The van der Waals surface area contributed by atoms with Gasteiger partial charge in [0, 0.05) is 12.1 Å². The standard InChI is InChI=1S/C27H28N2O4/c1-2-33-21-14-12-20(13-15-21)28-25(30)22(16-17-6-4-3-5-7-17)29-26(31)23-18-8-9-19(11-10-18)24(23)27(29)32/h3-9,12-15,18-19,22-24H,2,10-11,16H2,1H3,(H,28,30)/t18-,19-,22-,23+,24+/m0/s1. The summed E-state index contributed by atoms with van der Waals surface area (Å²) in [6, 6.07) is 15.7. The number of carbonyl (C=O) groups is 3. The largest absolute Gasteiger partial charge is 0.494 e. The Morgan fingerprint density at radius 2 is 1.58 bits per heavy atom. The van der Waals surface area contributed by atoms with E-state index in [0.29, 0.717) is 18.0 Å². The van der Waals surface area contributed by atoms with Gasteiger partial charge in [-0.3, -0.25) is 19.3 Å². The number of likely N-dealkylation sites (tertiary alicyclic amines) is 1. The van der Waals surface area contributed by atoms with Gasteiger partial charge < -0.3 is 10.1 Å². The van der Waals surface area contributed by atoms with Crippen LogP contribution >= 0.6 is 0 Å². The molecule has 3 aliphatic carbocycles. The van der Waals surface area contributed by atoms with Crippen LogP contribution in [-0.2, 0) is 20.8 Å². The smallest absolute Gasteiger partial charge is 0.248 e. The lowest BCUT2D eigenvalue weighted by atomic mass is 9.63. The number of anilines is 1. The van der Waals surface area contributed by atoms with Gasteiger partial charge in [0.1, 0.15) is 11.8 Å². The molecule has 3 amide bonds. The minimum Gasteiger partial charge on any atom is -0.494 e. The van der Waals surface area contributed by atoms with Crippen molar-refractivity contribution < 1.29 is 19.1 Å². The van der Waals surface area contributed by atoms with E-state index in [2.05, 4.69) is 17.5 Å². The van der Waals surface area contributed by atoms with Gasteiger partial charge in [-0.2, -0.15) is 0 Å². The van der Waals surface area contributed by atoms with Crippen LogP contribution in [0.2, 0.25) is 0 Å². The first kappa shape index (κ1) is 21.4. The number of fused-ring (bicyclic) bond motifs is 1. The molecule has 33 heavy (non-hydrogen) atoms. The Morgan fingerprint density at radius 3 is 2.12 bits per heavy atom. The fraction of sp³-hybridized carbons (Fsp3) is 0.370. The molecule has 170 valence electrons. The quantitative estimate of drug-likeness (QED) is 0.520. The zero-order valence-corrected chi connectivity index (χ0v) is 18.6. The Morgan fingerprint density at radius 1 is 0.970 bits per heavy atom. The first-order valence-electron chi connectivity index (χ1n) is 11.7. The van der Waals surface area contributed by atoms with Gasteiger partial charge >= 0.3 is 0 Å². The van der Waals surface area contributed by atoms with Crippen LogP contribution < -0.4 is 10.1 Å². The SMILES string of the molecule is CCOc1ccc(NC(=O)[C@H](Cc2ccccc2)N2C(=O)[C@H]3[C@H](C2=O)[C@H]2C=C[C@H]3CC2)cc1. The van der Waals surface area contributed by atoms with Crippen LogP contribution in [0, 0.1) is 23.7 Å². The molecule has 0 spiro atoms. The third kappa shape index (κ3) is 3.94. The van der Waals surface area contributed by atoms with Crippen LogP contribution in [0.4, 0.5) is 5.69 Å². The van der Waals surface area contributed by atoms with Crippen LogP contribution in [0.25, 0.3) is 0 Å². The summed E-state index contributed by atoms with van der Waals surface area (Å²) >= 11 is 0. The molecule has 2 aromatic rings. The number of imide groups is 1.